The molecule has 3 aromatic rings. The first kappa shape index (κ1) is 35.9. The minimum absolute atomic E-state index is 0.0481. The lowest BCUT2D eigenvalue weighted by molar-refractivity contribution is -0.128. The van der Waals surface area contributed by atoms with Gasteiger partial charge in [0.05, 0.1) is 12.8 Å². The molecule has 0 radical (unpaired) electrons. The second-order valence-corrected chi connectivity index (χ2v) is 13.6. The summed E-state index contributed by atoms with van der Waals surface area (Å²) < 4.78 is 46.3. The number of carbonyl (C=O) groups excluding carboxylic acids is 3. The molecule has 0 spiro atoms. The standard InChI is InChI=1S/C34H38F3N7O6S/c1-4-23-27(42-12-14-43(15-13-42)33(49)26-28(47)22-8-16-50-24(22)17-39-26)29(48)30-31(40-32(51-30)21-6-10-41(11-7-21)20(3)45)44(23)18-25(46)38-9-5-19(2)34(35,36)37/h6,17,47H,2,4-5,7-16,18H2,1,3H3,(H,38,46). The Labute approximate surface area is 295 Å². The molecular weight excluding hydrogens is 691 g/mol. The van der Waals surface area contributed by atoms with Gasteiger partial charge in [0, 0.05) is 76.0 Å². The summed E-state index contributed by atoms with van der Waals surface area (Å²) in [7, 11) is 0. The van der Waals surface area contributed by atoms with E-state index >= 15 is 0 Å². The number of carbonyl (C=O) groups is 3. The van der Waals surface area contributed by atoms with Gasteiger partial charge in [-0.25, -0.2) is 9.97 Å². The first-order valence-electron chi connectivity index (χ1n) is 16.7. The van der Waals surface area contributed by atoms with Crippen LogP contribution in [0.4, 0.5) is 18.9 Å². The highest BCUT2D eigenvalue weighted by Crippen LogP contribution is 2.36. The van der Waals surface area contributed by atoms with E-state index in [2.05, 4.69) is 16.9 Å². The smallest absolute Gasteiger partial charge is 0.412 e. The maximum Gasteiger partial charge on any atom is 0.412 e. The second kappa shape index (κ2) is 14.4. The zero-order valence-corrected chi connectivity index (χ0v) is 29.1. The van der Waals surface area contributed by atoms with Gasteiger partial charge >= 0.3 is 6.18 Å². The van der Waals surface area contributed by atoms with Gasteiger partial charge in [-0.2, -0.15) is 13.2 Å². The maximum atomic E-state index is 14.3. The number of pyridine rings is 2. The number of nitrogens with zero attached hydrogens (tertiary/aromatic N) is 6. The normalized spacial score (nSPS) is 16.2. The van der Waals surface area contributed by atoms with E-state index in [1.165, 1.54) is 24.5 Å². The highest BCUT2D eigenvalue weighted by Gasteiger charge is 2.33. The lowest BCUT2D eigenvalue weighted by Crippen LogP contribution is -2.50. The molecule has 0 unspecified atom stereocenters. The SMILES string of the molecule is C=C(CCNC(=O)Cn1c(CC)c(N2CCN(C(=O)c3ncc4c(c3O)CCO4)CC2)c(=O)c2sc(C3=CCN(C(C)=O)CC3)nc21)C(F)(F)F. The summed E-state index contributed by atoms with van der Waals surface area (Å²) in [6.07, 6.45) is -0.364. The predicted octanol–water partition coefficient (Wildman–Crippen LogP) is 3.28. The molecule has 6 rings (SSSR count). The van der Waals surface area contributed by atoms with E-state index in [9.17, 15) is 37.5 Å². The summed E-state index contributed by atoms with van der Waals surface area (Å²) in [5.74, 6) is -0.777. The minimum Gasteiger partial charge on any atom is -0.505 e. The number of thiazole rings is 1. The molecule has 0 aromatic carbocycles. The van der Waals surface area contributed by atoms with E-state index < -0.39 is 30.0 Å². The average molecular weight is 730 g/mol. The Morgan fingerprint density at radius 1 is 1.12 bits per heavy atom. The van der Waals surface area contributed by atoms with Crippen LogP contribution in [0.2, 0.25) is 0 Å². The lowest BCUT2D eigenvalue weighted by atomic mass is 10.1. The molecule has 1 fully saturated rings. The van der Waals surface area contributed by atoms with Crippen LogP contribution in [0.5, 0.6) is 11.5 Å². The van der Waals surface area contributed by atoms with Crippen LogP contribution in [0.1, 0.15) is 53.4 Å². The number of fused-ring (bicyclic) bond motifs is 2. The van der Waals surface area contributed by atoms with Crippen molar-refractivity contribution in [2.75, 3.05) is 57.3 Å². The van der Waals surface area contributed by atoms with E-state index in [1.54, 1.807) is 14.4 Å². The summed E-state index contributed by atoms with van der Waals surface area (Å²) in [6.45, 7) is 8.13. The molecule has 3 aliphatic heterocycles. The molecular formula is C34H38F3N7O6S. The van der Waals surface area contributed by atoms with Crippen LogP contribution in [0.25, 0.3) is 15.9 Å². The average Bonchev–Trinajstić information content (AvgIpc) is 3.78. The van der Waals surface area contributed by atoms with Gasteiger partial charge < -0.3 is 34.4 Å². The van der Waals surface area contributed by atoms with Crippen molar-refractivity contribution in [2.45, 2.75) is 52.3 Å². The number of halogens is 3. The van der Waals surface area contributed by atoms with Gasteiger partial charge in [-0.15, -0.1) is 11.3 Å². The monoisotopic (exact) mass is 729 g/mol. The Hall–Kier alpha value is -4.93. The van der Waals surface area contributed by atoms with Crippen molar-refractivity contribution in [3.8, 4) is 11.5 Å². The van der Waals surface area contributed by atoms with Crippen molar-refractivity contribution in [3.63, 3.8) is 0 Å². The molecule has 0 bridgehead atoms. The predicted molar refractivity (Wildman–Crippen MR) is 184 cm³/mol. The Bertz CT molecular complexity index is 2000. The number of nitrogens with one attached hydrogen (secondary N) is 1. The van der Waals surface area contributed by atoms with Crippen molar-refractivity contribution in [2.24, 2.45) is 0 Å². The minimum atomic E-state index is -4.56. The van der Waals surface area contributed by atoms with Crippen LogP contribution >= 0.6 is 11.3 Å². The molecule has 13 nitrogen and oxygen atoms in total. The van der Waals surface area contributed by atoms with Crippen molar-refractivity contribution in [1.29, 1.82) is 0 Å². The van der Waals surface area contributed by atoms with Gasteiger partial charge in [0.1, 0.15) is 27.7 Å². The molecule has 2 N–H and O–H groups in total. The van der Waals surface area contributed by atoms with Crippen molar-refractivity contribution in [3.05, 3.63) is 56.6 Å². The fourth-order valence-electron chi connectivity index (χ4n) is 6.56. The Morgan fingerprint density at radius 3 is 2.51 bits per heavy atom. The van der Waals surface area contributed by atoms with Crippen molar-refractivity contribution in [1.82, 2.24) is 29.7 Å². The molecule has 51 heavy (non-hydrogen) atoms. The Kier molecular flexibility index (Phi) is 10.1. The molecule has 0 saturated carbocycles. The number of piperazine rings is 1. The summed E-state index contributed by atoms with van der Waals surface area (Å²) in [5, 5.41) is 13.9. The molecule has 1 saturated heterocycles. The molecule has 3 aromatic heterocycles. The van der Waals surface area contributed by atoms with Gasteiger partial charge in [-0.3, -0.25) is 19.2 Å². The van der Waals surface area contributed by atoms with Gasteiger partial charge in [-0.1, -0.05) is 19.6 Å². The summed E-state index contributed by atoms with van der Waals surface area (Å²) in [5.41, 5.74) is 1.31. The number of rotatable bonds is 9. The van der Waals surface area contributed by atoms with Gasteiger partial charge in [0.15, 0.2) is 17.1 Å². The number of amides is 3. The lowest BCUT2D eigenvalue weighted by Gasteiger charge is -2.37. The molecule has 6 heterocycles. The van der Waals surface area contributed by atoms with Crippen molar-refractivity contribution < 1.29 is 37.4 Å². The first-order valence-corrected chi connectivity index (χ1v) is 17.5. The highest BCUT2D eigenvalue weighted by atomic mass is 32.1. The molecule has 272 valence electrons. The van der Waals surface area contributed by atoms with E-state index in [4.69, 9.17) is 9.72 Å². The van der Waals surface area contributed by atoms with Crippen LogP contribution in [0, 0.1) is 0 Å². The third kappa shape index (κ3) is 7.16. The zero-order chi connectivity index (χ0) is 36.6. The largest absolute Gasteiger partial charge is 0.505 e. The van der Waals surface area contributed by atoms with Crippen LogP contribution < -0.4 is 20.4 Å². The van der Waals surface area contributed by atoms with Gasteiger partial charge in [0.2, 0.25) is 17.2 Å². The number of aromatic hydroxyl groups is 1. The quantitative estimate of drug-likeness (QED) is 0.317. The summed E-state index contributed by atoms with van der Waals surface area (Å²) >= 11 is 1.20. The number of anilines is 1. The third-order valence-corrected chi connectivity index (χ3v) is 10.5. The van der Waals surface area contributed by atoms with Crippen molar-refractivity contribution >= 4 is 50.7 Å². The van der Waals surface area contributed by atoms with Crippen LogP contribution in [-0.2, 0) is 29.0 Å². The van der Waals surface area contributed by atoms with Crippen LogP contribution in [0.3, 0.4) is 0 Å². The summed E-state index contributed by atoms with van der Waals surface area (Å²) in [4.78, 5) is 66.9. The van der Waals surface area contributed by atoms with E-state index in [1.807, 2.05) is 17.9 Å². The summed E-state index contributed by atoms with van der Waals surface area (Å²) in [6, 6.07) is 0. The first-order chi connectivity index (χ1) is 24.3. The van der Waals surface area contributed by atoms with Crippen LogP contribution in [0.15, 0.2) is 29.2 Å². The van der Waals surface area contributed by atoms with E-state index in [-0.39, 0.29) is 62.0 Å². The number of ether oxygens (including phenoxy) is 1. The Morgan fingerprint density at radius 2 is 1.86 bits per heavy atom. The second-order valence-electron chi connectivity index (χ2n) is 12.6. The molecule has 17 heteroatoms. The Balaban J connectivity index is 1.30. The zero-order valence-electron chi connectivity index (χ0n) is 28.3. The van der Waals surface area contributed by atoms with Gasteiger partial charge in [-0.05, 0) is 24.8 Å². The number of alkyl halides is 3. The maximum absolute atomic E-state index is 14.3. The van der Waals surface area contributed by atoms with E-state index in [0.29, 0.717) is 77.0 Å². The highest BCUT2D eigenvalue weighted by molar-refractivity contribution is 7.19. The number of aromatic nitrogens is 3. The van der Waals surface area contributed by atoms with Gasteiger partial charge in [0.25, 0.3) is 5.91 Å². The van der Waals surface area contributed by atoms with Crippen LogP contribution in [-0.4, -0.2) is 106 Å². The third-order valence-electron chi connectivity index (χ3n) is 9.41. The number of hydrogen-bond donors (Lipinski definition) is 2. The fraction of sp³-hybridized carbons (Fsp3) is 0.471. The number of hydrogen-bond acceptors (Lipinski definition) is 10. The topological polar surface area (TPSA) is 150 Å². The van der Waals surface area contributed by atoms with E-state index in [0.717, 1.165) is 5.57 Å². The molecule has 0 aliphatic carbocycles. The molecule has 3 aliphatic rings. The molecule has 3 amide bonds. The molecule has 0 atom stereocenters. The fourth-order valence-corrected chi connectivity index (χ4v) is 7.64.